The normalized spacial score (nSPS) is 21.7. The number of nitrogens with zero attached hydrogens (tertiary/aromatic N) is 2. The lowest BCUT2D eigenvalue weighted by Crippen LogP contribution is -2.51. The SMILES string of the molecule is CCNC(=NCC1C(C)OC(C)(C)N1C(=O)OC(C)(C)C)NCCCS(C)(=O)=O.I. The molecule has 0 bridgehead atoms. The second-order valence-corrected chi connectivity index (χ2v) is 11.1. The molecule has 0 aliphatic carbocycles. The number of nitrogens with one attached hydrogen (secondary N) is 2. The van der Waals surface area contributed by atoms with Gasteiger partial charge in [-0.25, -0.2) is 13.2 Å². The lowest BCUT2D eigenvalue weighted by Gasteiger charge is -2.34. The highest BCUT2D eigenvalue weighted by atomic mass is 127. The van der Waals surface area contributed by atoms with Gasteiger partial charge in [-0.3, -0.25) is 9.89 Å². The number of hydrogen-bond donors (Lipinski definition) is 2. The summed E-state index contributed by atoms with van der Waals surface area (Å²) in [5.41, 5.74) is -1.41. The van der Waals surface area contributed by atoms with E-state index in [0.29, 0.717) is 32.0 Å². The molecule has 1 aliphatic heterocycles. The maximum atomic E-state index is 12.8. The van der Waals surface area contributed by atoms with Crippen LogP contribution < -0.4 is 10.6 Å². The fourth-order valence-corrected chi connectivity index (χ4v) is 3.83. The van der Waals surface area contributed by atoms with Gasteiger partial charge in [-0.2, -0.15) is 0 Å². The molecule has 0 radical (unpaired) electrons. The second-order valence-electron chi connectivity index (χ2n) is 8.82. The second kappa shape index (κ2) is 11.7. The maximum absolute atomic E-state index is 12.8. The van der Waals surface area contributed by atoms with Crippen LogP contribution in [0.3, 0.4) is 0 Å². The van der Waals surface area contributed by atoms with Crippen LogP contribution in [0, 0.1) is 0 Å². The highest BCUT2D eigenvalue weighted by Crippen LogP contribution is 2.33. The van der Waals surface area contributed by atoms with Crippen LogP contribution in [0.4, 0.5) is 4.79 Å². The van der Waals surface area contributed by atoms with Gasteiger partial charge in [0.25, 0.3) is 0 Å². The Bertz CT molecular complexity index is 692. The number of guanidine groups is 1. The molecule has 1 saturated heterocycles. The van der Waals surface area contributed by atoms with Crippen molar-refractivity contribution < 1.29 is 22.7 Å². The van der Waals surface area contributed by atoms with Gasteiger partial charge in [0, 0.05) is 19.3 Å². The van der Waals surface area contributed by atoms with Gasteiger partial charge in [0.2, 0.25) is 0 Å². The van der Waals surface area contributed by atoms with Crippen molar-refractivity contribution in [3.8, 4) is 0 Å². The summed E-state index contributed by atoms with van der Waals surface area (Å²) < 4.78 is 34.1. The Morgan fingerprint density at radius 1 is 1.27 bits per heavy atom. The van der Waals surface area contributed by atoms with E-state index in [1.165, 1.54) is 6.26 Å². The lowest BCUT2D eigenvalue weighted by atomic mass is 10.1. The Morgan fingerprint density at radius 2 is 1.87 bits per heavy atom. The standard InChI is InChI=1S/C19H38N4O5S.HI/c1-9-20-16(21-11-10-12-29(8,25)26)22-13-15-14(2)27-19(6,7)23(15)17(24)28-18(3,4)5;/h14-15H,9-13H2,1-8H3,(H2,20,21,22);1H. The van der Waals surface area contributed by atoms with E-state index >= 15 is 0 Å². The van der Waals surface area contributed by atoms with Gasteiger partial charge in [0.1, 0.15) is 21.2 Å². The van der Waals surface area contributed by atoms with Crippen molar-refractivity contribution in [3.05, 3.63) is 0 Å². The molecule has 1 amide bonds. The third-order valence-electron chi connectivity index (χ3n) is 4.28. The summed E-state index contributed by atoms with van der Waals surface area (Å²) in [6.45, 7) is 14.5. The van der Waals surface area contributed by atoms with Crippen molar-refractivity contribution in [2.24, 2.45) is 4.99 Å². The zero-order valence-corrected chi connectivity index (χ0v) is 22.6. The Labute approximate surface area is 198 Å². The fourth-order valence-electron chi connectivity index (χ4n) is 3.16. The zero-order valence-electron chi connectivity index (χ0n) is 19.4. The minimum absolute atomic E-state index is 0. The van der Waals surface area contributed by atoms with Crippen LogP contribution >= 0.6 is 24.0 Å². The molecular weight excluding hydrogens is 523 g/mol. The highest BCUT2D eigenvalue weighted by molar-refractivity contribution is 14.0. The third-order valence-corrected chi connectivity index (χ3v) is 5.31. The van der Waals surface area contributed by atoms with Gasteiger partial charge in [-0.05, 0) is 54.9 Å². The molecule has 1 rings (SSSR count). The van der Waals surface area contributed by atoms with Gasteiger partial charge in [0.05, 0.1) is 24.4 Å². The summed E-state index contributed by atoms with van der Waals surface area (Å²) in [5, 5.41) is 6.27. The molecule has 0 aromatic heterocycles. The summed E-state index contributed by atoms with van der Waals surface area (Å²) in [6.07, 6.45) is 1.07. The number of ether oxygens (including phenoxy) is 2. The van der Waals surface area contributed by atoms with Gasteiger partial charge in [0.15, 0.2) is 5.96 Å². The highest BCUT2D eigenvalue weighted by Gasteiger charge is 2.49. The smallest absolute Gasteiger partial charge is 0.412 e. The molecule has 2 unspecified atom stereocenters. The summed E-state index contributed by atoms with van der Waals surface area (Å²) in [6, 6.07) is -0.286. The van der Waals surface area contributed by atoms with Crippen LogP contribution in [0.25, 0.3) is 0 Å². The molecule has 0 aromatic carbocycles. The van der Waals surface area contributed by atoms with Crippen molar-refractivity contribution in [1.29, 1.82) is 0 Å². The van der Waals surface area contributed by atoms with Gasteiger partial charge >= 0.3 is 6.09 Å². The number of hydrogen-bond acceptors (Lipinski definition) is 6. The molecule has 0 spiro atoms. The monoisotopic (exact) mass is 562 g/mol. The maximum Gasteiger partial charge on any atom is 0.412 e. The van der Waals surface area contributed by atoms with E-state index in [9.17, 15) is 13.2 Å². The first-order chi connectivity index (χ1) is 13.2. The summed E-state index contributed by atoms with van der Waals surface area (Å²) >= 11 is 0. The van der Waals surface area contributed by atoms with Crippen LogP contribution in [0.15, 0.2) is 4.99 Å². The molecule has 1 heterocycles. The van der Waals surface area contributed by atoms with E-state index in [2.05, 4.69) is 15.6 Å². The Morgan fingerprint density at radius 3 is 2.37 bits per heavy atom. The minimum atomic E-state index is -2.99. The first-order valence-corrected chi connectivity index (χ1v) is 12.1. The average Bonchev–Trinajstić information content (AvgIpc) is 2.74. The first-order valence-electron chi connectivity index (χ1n) is 10.1. The predicted molar refractivity (Wildman–Crippen MR) is 130 cm³/mol. The molecule has 1 aliphatic rings. The zero-order chi connectivity index (χ0) is 22.5. The molecule has 0 saturated carbocycles. The van der Waals surface area contributed by atoms with Crippen molar-refractivity contribution in [2.45, 2.75) is 78.4 Å². The summed E-state index contributed by atoms with van der Waals surface area (Å²) in [4.78, 5) is 19.0. The van der Waals surface area contributed by atoms with Crippen LogP contribution in [0.1, 0.15) is 54.9 Å². The largest absolute Gasteiger partial charge is 0.444 e. The molecule has 1 fully saturated rings. The van der Waals surface area contributed by atoms with Crippen molar-refractivity contribution in [1.82, 2.24) is 15.5 Å². The lowest BCUT2D eigenvalue weighted by molar-refractivity contribution is -0.0755. The van der Waals surface area contributed by atoms with E-state index < -0.39 is 27.3 Å². The molecule has 9 nitrogen and oxygen atoms in total. The number of amides is 1. The molecule has 30 heavy (non-hydrogen) atoms. The Balaban J connectivity index is 0.00000841. The third kappa shape index (κ3) is 9.99. The van der Waals surface area contributed by atoms with Crippen LogP contribution in [0.5, 0.6) is 0 Å². The number of carbonyl (C=O) groups excluding carboxylic acids is 1. The van der Waals surface area contributed by atoms with E-state index in [1.807, 2.05) is 48.5 Å². The molecule has 2 N–H and O–H groups in total. The van der Waals surface area contributed by atoms with Crippen molar-refractivity contribution >= 4 is 45.9 Å². The summed E-state index contributed by atoms with van der Waals surface area (Å²) in [7, 11) is -2.99. The molecule has 0 aromatic rings. The predicted octanol–water partition coefficient (Wildman–Crippen LogP) is 2.35. The molecule has 2 atom stereocenters. The Hall–Kier alpha value is -0.820. The van der Waals surface area contributed by atoms with Crippen molar-refractivity contribution in [3.63, 3.8) is 0 Å². The summed E-state index contributed by atoms with van der Waals surface area (Å²) in [5.74, 6) is 0.690. The van der Waals surface area contributed by atoms with E-state index in [0.717, 1.165) is 0 Å². The van der Waals surface area contributed by atoms with Crippen molar-refractivity contribution in [2.75, 3.05) is 31.6 Å². The van der Waals surface area contributed by atoms with Crippen LogP contribution in [-0.2, 0) is 19.3 Å². The number of carbonyl (C=O) groups is 1. The number of sulfone groups is 1. The van der Waals surface area contributed by atoms with Crippen LogP contribution in [-0.4, -0.2) is 80.5 Å². The fraction of sp³-hybridized carbons (Fsp3) is 0.895. The first kappa shape index (κ1) is 29.2. The average molecular weight is 563 g/mol. The van der Waals surface area contributed by atoms with E-state index in [-0.39, 0.29) is 41.9 Å². The molecule has 11 heteroatoms. The van der Waals surface area contributed by atoms with E-state index in [1.54, 1.807) is 4.90 Å². The van der Waals surface area contributed by atoms with Gasteiger partial charge in [-0.15, -0.1) is 24.0 Å². The number of rotatable bonds is 7. The molecule has 178 valence electrons. The number of aliphatic imine (C=N–C) groups is 1. The minimum Gasteiger partial charge on any atom is -0.444 e. The number of halogens is 1. The Kier molecular flexibility index (Phi) is 11.4. The van der Waals surface area contributed by atoms with E-state index in [4.69, 9.17) is 9.47 Å². The van der Waals surface area contributed by atoms with Gasteiger partial charge in [-0.1, -0.05) is 0 Å². The van der Waals surface area contributed by atoms with Crippen LogP contribution in [0.2, 0.25) is 0 Å². The topological polar surface area (TPSA) is 109 Å². The quantitative estimate of drug-likeness (QED) is 0.212. The van der Waals surface area contributed by atoms with Gasteiger partial charge < -0.3 is 20.1 Å². The molecular formula is C19H39IN4O5S.